The number of hydrogen-bond donors (Lipinski definition) is 1. The zero-order chi connectivity index (χ0) is 11.3. The molecule has 0 bridgehead atoms. The smallest absolute Gasteiger partial charge is 0.302 e. The second-order valence-corrected chi connectivity index (χ2v) is 3.18. The van der Waals surface area contributed by atoms with E-state index in [-0.39, 0.29) is 25.2 Å². The Balaban J connectivity index is 2.61. The fraction of sp³-hybridized carbons (Fsp3) is 0.667. The number of esters is 1. The third-order valence-electron chi connectivity index (χ3n) is 1.98. The van der Waals surface area contributed by atoms with Crippen molar-refractivity contribution in [3.63, 3.8) is 0 Å². The second-order valence-electron chi connectivity index (χ2n) is 3.18. The summed E-state index contributed by atoms with van der Waals surface area (Å²) in [6, 6.07) is -0.360. The van der Waals surface area contributed by atoms with E-state index >= 15 is 0 Å². The summed E-state index contributed by atoms with van der Waals surface area (Å²) in [5, 5.41) is 16.8. The topological polar surface area (TPSA) is 77.2 Å². The molecule has 0 aliphatic heterocycles. The maximum absolute atomic E-state index is 10.6. The van der Waals surface area contributed by atoms with Gasteiger partial charge in [0.15, 0.2) is 0 Å². The molecule has 6 heteroatoms. The molecule has 0 spiro atoms. The third-order valence-corrected chi connectivity index (χ3v) is 1.98. The highest BCUT2D eigenvalue weighted by atomic mass is 16.5. The molecule has 1 atom stereocenters. The van der Waals surface area contributed by atoms with Crippen molar-refractivity contribution in [3.8, 4) is 0 Å². The standard InChI is InChI=1S/C9H15N3O3/c1-3-8-4-12(11-10-8)9(5-13)6-15-7(2)14/h4,9,13H,3,5-6H2,1-2H3. The zero-order valence-corrected chi connectivity index (χ0v) is 8.88. The number of aliphatic hydroxyl groups is 1. The molecule has 1 aromatic rings. The highest BCUT2D eigenvalue weighted by Crippen LogP contribution is 2.06. The lowest BCUT2D eigenvalue weighted by Crippen LogP contribution is -2.21. The molecule has 1 unspecified atom stereocenters. The number of carbonyl (C=O) groups is 1. The van der Waals surface area contributed by atoms with E-state index in [0.717, 1.165) is 12.1 Å². The lowest BCUT2D eigenvalue weighted by Gasteiger charge is -2.13. The second kappa shape index (κ2) is 5.45. The Kier molecular flexibility index (Phi) is 4.23. The summed E-state index contributed by atoms with van der Waals surface area (Å²) in [4.78, 5) is 10.6. The van der Waals surface area contributed by atoms with Crippen molar-refractivity contribution < 1.29 is 14.6 Å². The minimum atomic E-state index is -0.371. The lowest BCUT2D eigenvalue weighted by atomic mass is 10.3. The summed E-state index contributed by atoms with van der Waals surface area (Å²) < 4.78 is 6.32. The molecule has 0 radical (unpaired) electrons. The molecule has 0 fully saturated rings. The largest absolute Gasteiger partial charge is 0.463 e. The van der Waals surface area contributed by atoms with E-state index < -0.39 is 0 Å². The van der Waals surface area contributed by atoms with Crippen molar-refractivity contribution in [2.75, 3.05) is 13.2 Å². The van der Waals surface area contributed by atoms with Gasteiger partial charge in [0.25, 0.3) is 0 Å². The van der Waals surface area contributed by atoms with E-state index in [1.165, 1.54) is 11.6 Å². The summed E-state index contributed by atoms with van der Waals surface area (Å²) in [7, 11) is 0. The Morgan fingerprint density at radius 2 is 2.47 bits per heavy atom. The van der Waals surface area contributed by atoms with Crippen molar-refractivity contribution in [2.45, 2.75) is 26.3 Å². The molecule has 1 rings (SSSR count). The fourth-order valence-electron chi connectivity index (χ4n) is 1.08. The molecule has 0 aromatic carbocycles. The van der Waals surface area contributed by atoms with E-state index in [1.807, 2.05) is 6.92 Å². The van der Waals surface area contributed by atoms with Gasteiger partial charge in [0, 0.05) is 13.1 Å². The summed E-state index contributed by atoms with van der Waals surface area (Å²) in [5.74, 6) is -0.371. The van der Waals surface area contributed by atoms with Crippen LogP contribution in [0.5, 0.6) is 0 Å². The first-order chi connectivity index (χ1) is 7.17. The van der Waals surface area contributed by atoms with Crippen LogP contribution in [0.1, 0.15) is 25.6 Å². The first kappa shape index (κ1) is 11.6. The molecule has 0 saturated heterocycles. The minimum absolute atomic E-state index is 0.109. The number of hydrogen-bond acceptors (Lipinski definition) is 5. The van der Waals surface area contributed by atoms with Crippen molar-refractivity contribution in [1.82, 2.24) is 15.0 Å². The van der Waals surface area contributed by atoms with Gasteiger partial charge >= 0.3 is 5.97 Å². The Morgan fingerprint density at radius 3 is 2.93 bits per heavy atom. The first-order valence-corrected chi connectivity index (χ1v) is 4.82. The summed E-state index contributed by atoms with van der Waals surface area (Å²) in [5.41, 5.74) is 0.844. The molecule has 0 aliphatic carbocycles. The van der Waals surface area contributed by atoms with Crippen LogP contribution in [0.2, 0.25) is 0 Å². The maximum Gasteiger partial charge on any atom is 0.302 e. The van der Waals surface area contributed by atoms with Crippen LogP contribution < -0.4 is 0 Å². The highest BCUT2D eigenvalue weighted by molar-refractivity contribution is 5.65. The Labute approximate surface area is 87.9 Å². The number of rotatable bonds is 5. The molecule has 1 N–H and O–H groups in total. The molecular formula is C9H15N3O3. The number of nitrogens with zero attached hydrogens (tertiary/aromatic N) is 3. The highest BCUT2D eigenvalue weighted by Gasteiger charge is 2.13. The van der Waals surface area contributed by atoms with Crippen LogP contribution in [0.3, 0.4) is 0 Å². The molecule has 84 valence electrons. The lowest BCUT2D eigenvalue weighted by molar-refractivity contribution is -0.142. The average molecular weight is 213 g/mol. The monoisotopic (exact) mass is 213 g/mol. The SMILES string of the molecule is CCc1cn(C(CO)COC(C)=O)nn1. The summed E-state index contributed by atoms with van der Waals surface area (Å²) in [6.07, 6.45) is 2.52. The van der Waals surface area contributed by atoms with Crippen molar-refractivity contribution in [3.05, 3.63) is 11.9 Å². The Morgan fingerprint density at radius 1 is 1.73 bits per heavy atom. The number of aromatic nitrogens is 3. The predicted octanol–water partition coefficient (Wildman–Crippen LogP) is -0.0630. The molecule has 0 aliphatic rings. The van der Waals surface area contributed by atoms with Gasteiger partial charge in [0.1, 0.15) is 12.6 Å². The first-order valence-electron chi connectivity index (χ1n) is 4.82. The Hall–Kier alpha value is -1.43. The number of carbonyl (C=O) groups excluding carboxylic acids is 1. The van der Waals surface area contributed by atoms with E-state index in [0.29, 0.717) is 0 Å². The molecular weight excluding hydrogens is 198 g/mol. The van der Waals surface area contributed by atoms with E-state index in [1.54, 1.807) is 6.20 Å². The van der Waals surface area contributed by atoms with Gasteiger partial charge in [-0.1, -0.05) is 12.1 Å². The number of aryl methyl sites for hydroxylation is 1. The molecule has 6 nitrogen and oxygen atoms in total. The molecule has 0 amide bonds. The van der Waals surface area contributed by atoms with Gasteiger partial charge in [-0.2, -0.15) is 0 Å². The number of ether oxygens (including phenoxy) is 1. The molecule has 1 heterocycles. The van der Waals surface area contributed by atoms with Gasteiger partial charge in [0.05, 0.1) is 12.3 Å². The van der Waals surface area contributed by atoms with Crippen LogP contribution in [0, 0.1) is 0 Å². The summed E-state index contributed by atoms with van der Waals surface area (Å²) in [6.45, 7) is 3.26. The van der Waals surface area contributed by atoms with E-state index in [4.69, 9.17) is 9.84 Å². The van der Waals surface area contributed by atoms with Crippen LogP contribution in [-0.4, -0.2) is 39.3 Å². The number of aliphatic hydroxyl groups excluding tert-OH is 1. The van der Waals surface area contributed by atoms with Crippen LogP contribution in [-0.2, 0) is 16.0 Å². The van der Waals surface area contributed by atoms with Gasteiger partial charge in [-0.15, -0.1) is 5.10 Å². The van der Waals surface area contributed by atoms with Crippen LogP contribution in [0.15, 0.2) is 6.20 Å². The zero-order valence-electron chi connectivity index (χ0n) is 8.88. The maximum atomic E-state index is 10.6. The van der Waals surface area contributed by atoms with E-state index in [9.17, 15) is 4.79 Å². The third kappa shape index (κ3) is 3.32. The quantitative estimate of drug-likeness (QED) is 0.693. The molecule has 1 aromatic heterocycles. The molecule has 0 saturated carbocycles. The Bertz CT molecular complexity index is 324. The molecule has 15 heavy (non-hydrogen) atoms. The van der Waals surface area contributed by atoms with Crippen molar-refractivity contribution in [2.24, 2.45) is 0 Å². The van der Waals surface area contributed by atoms with Crippen LogP contribution >= 0.6 is 0 Å². The van der Waals surface area contributed by atoms with Crippen molar-refractivity contribution in [1.29, 1.82) is 0 Å². The predicted molar refractivity (Wildman–Crippen MR) is 52.2 cm³/mol. The van der Waals surface area contributed by atoms with Gasteiger partial charge in [-0.05, 0) is 6.42 Å². The van der Waals surface area contributed by atoms with Crippen LogP contribution in [0.25, 0.3) is 0 Å². The van der Waals surface area contributed by atoms with Crippen LogP contribution in [0.4, 0.5) is 0 Å². The average Bonchev–Trinajstić information content (AvgIpc) is 2.67. The fourth-order valence-corrected chi connectivity index (χ4v) is 1.08. The van der Waals surface area contributed by atoms with Gasteiger partial charge < -0.3 is 9.84 Å². The van der Waals surface area contributed by atoms with Gasteiger partial charge in [-0.3, -0.25) is 4.79 Å². The van der Waals surface area contributed by atoms with E-state index in [2.05, 4.69) is 10.3 Å². The van der Waals surface area contributed by atoms with Crippen molar-refractivity contribution >= 4 is 5.97 Å². The van der Waals surface area contributed by atoms with Gasteiger partial charge in [0.2, 0.25) is 0 Å². The minimum Gasteiger partial charge on any atom is -0.463 e. The summed E-state index contributed by atoms with van der Waals surface area (Å²) >= 11 is 0. The van der Waals surface area contributed by atoms with Gasteiger partial charge in [-0.25, -0.2) is 4.68 Å². The normalized spacial score (nSPS) is 12.5.